The smallest absolute Gasteiger partial charge is 0.185 e. The van der Waals surface area contributed by atoms with Gasteiger partial charge >= 0.3 is 0 Å². The average Bonchev–Trinajstić information content (AvgIpc) is 2.91. The van der Waals surface area contributed by atoms with E-state index in [1.54, 1.807) is 18.9 Å². The third-order valence-electron chi connectivity index (χ3n) is 4.67. The van der Waals surface area contributed by atoms with Crippen LogP contribution in [-0.4, -0.2) is 29.3 Å². The van der Waals surface area contributed by atoms with Crippen molar-refractivity contribution in [1.29, 1.82) is 0 Å². The summed E-state index contributed by atoms with van der Waals surface area (Å²) in [5, 5.41) is 8.94. The van der Waals surface area contributed by atoms with Gasteiger partial charge in [0.2, 0.25) is 0 Å². The molecule has 0 aromatic heterocycles. The summed E-state index contributed by atoms with van der Waals surface area (Å²) in [5.41, 5.74) is 4.31. The van der Waals surface area contributed by atoms with Gasteiger partial charge in [0.05, 0.1) is 24.4 Å². The highest BCUT2D eigenvalue weighted by atomic mass is 35.5. The lowest BCUT2D eigenvalue weighted by molar-refractivity contribution is 0.413. The number of benzene rings is 3. The van der Waals surface area contributed by atoms with Crippen LogP contribution in [0.25, 0.3) is 0 Å². The summed E-state index contributed by atoms with van der Waals surface area (Å²) in [7, 11) is 1.66. The molecule has 4 rings (SSSR count). The molecule has 0 spiro atoms. The van der Waals surface area contributed by atoms with Crippen LogP contribution in [0.15, 0.2) is 76.8 Å². The molecule has 3 aromatic carbocycles. The third kappa shape index (κ3) is 4.33. The molecule has 1 heterocycles. The van der Waals surface area contributed by atoms with Gasteiger partial charge < -0.3 is 4.74 Å². The highest BCUT2D eigenvalue weighted by molar-refractivity contribution is 8.13. The van der Waals surface area contributed by atoms with E-state index in [0.29, 0.717) is 16.6 Å². The first-order valence-corrected chi connectivity index (χ1v) is 11.2. The van der Waals surface area contributed by atoms with Crippen molar-refractivity contribution in [3.05, 3.63) is 93.5 Å². The molecular weight excluding hydrogens is 437 g/mol. The van der Waals surface area contributed by atoms with E-state index < -0.39 is 0 Å². The first-order valence-electron chi connectivity index (χ1n) is 9.25. The number of methoxy groups -OCH3 is 1. The fraction of sp³-hybridized carbons (Fsp3) is 0.130. The van der Waals surface area contributed by atoms with Gasteiger partial charge in [0.15, 0.2) is 5.17 Å². The summed E-state index contributed by atoms with van der Waals surface area (Å²) in [4.78, 5) is 4.88. The van der Waals surface area contributed by atoms with Gasteiger partial charge in [-0.05, 0) is 48.2 Å². The monoisotopic (exact) mass is 455 g/mol. The summed E-state index contributed by atoms with van der Waals surface area (Å²) in [6, 6.07) is 21.2. The van der Waals surface area contributed by atoms with E-state index in [0.717, 1.165) is 39.0 Å². The molecule has 4 nitrogen and oxygen atoms in total. The maximum Gasteiger partial charge on any atom is 0.185 e. The number of hydrogen-bond donors (Lipinski definition) is 0. The Kier molecular flexibility index (Phi) is 6.32. The molecule has 152 valence electrons. The topological polar surface area (TPSA) is 37.2 Å². The van der Waals surface area contributed by atoms with Crippen molar-refractivity contribution in [2.75, 3.05) is 13.4 Å². The van der Waals surface area contributed by atoms with E-state index in [1.165, 1.54) is 0 Å². The second-order valence-corrected chi connectivity index (χ2v) is 8.21. The van der Waals surface area contributed by atoms with Crippen LogP contribution < -0.4 is 4.74 Å². The zero-order valence-electron chi connectivity index (χ0n) is 16.5. The van der Waals surface area contributed by atoms with Crippen molar-refractivity contribution in [3.8, 4) is 5.75 Å². The molecule has 0 fully saturated rings. The average molecular weight is 456 g/mol. The Morgan fingerprint density at radius 2 is 1.73 bits per heavy atom. The zero-order valence-corrected chi connectivity index (χ0v) is 18.8. The van der Waals surface area contributed by atoms with Gasteiger partial charge in [-0.3, -0.25) is 0 Å². The third-order valence-corrected chi connectivity index (χ3v) is 5.91. The molecule has 0 saturated carbocycles. The molecule has 0 aliphatic carbocycles. The van der Waals surface area contributed by atoms with E-state index in [-0.39, 0.29) is 0 Å². The van der Waals surface area contributed by atoms with Crippen molar-refractivity contribution in [2.45, 2.75) is 6.54 Å². The molecule has 0 radical (unpaired) electrons. The van der Waals surface area contributed by atoms with Crippen LogP contribution in [0.3, 0.4) is 0 Å². The minimum absolute atomic E-state index is 0.555. The molecule has 0 atom stereocenters. The van der Waals surface area contributed by atoms with Crippen LogP contribution in [0, 0.1) is 0 Å². The molecule has 3 aromatic rings. The van der Waals surface area contributed by atoms with Gasteiger partial charge in [0.25, 0.3) is 0 Å². The van der Waals surface area contributed by atoms with Crippen LogP contribution in [-0.2, 0) is 6.54 Å². The Labute approximate surface area is 190 Å². The lowest BCUT2D eigenvalue weighted by Crippen LogP contribution is -2.24. The lowest BCUT2D eigenvalue weighted by Gasteiger charge is -2.20. The van der Waals surface area contributed by atoms with E-state index >= 15 is 0 Å². The largest absolute Gasteiger partial charge is 0.497 e. The number of hydrogen-bond acceptors (Lipinski definition) is 5. The fourth-order valence-corrected chi connectivity index (χ4v) is 4.09. The number of thioether (sulfide) groups is 1. The maximum absolute atomic E-state index is 6.54. The molecule has 7 heteroatoms. The fourth-order valence-electron chi connectivity index (χ4n) is 3.18. The van der Waals surface area contributed by atoms with E-state index in [1.807, 2.05) is 78.0 Å². The van der Waals surface area contributed by atoms with E-state index in [9.17, 15) is 0 Å². The minimum Gasteiger partial charge on any atom is -0.497 e. The maximum atomic E-state index is 6.54. The molecule has 0 saturated heterocycles. The Morgan fingerprint density at radius 3 is 2.43 bits per heavy atom. The number of fused-ring (bicyclic) bond motifs is 1. The lowest BCUT2D eigenvalue weighted by atomic mass is 10.0. The Morgan fingerprint density at radius 1 is 0.967 bits per heavy atom. The Hall–Kier alpha value is -2.47. The number of halogens is 2. The standard InChI is InChI=1S/C23H19Cl2N3OS/c1-29-17-10-7-15(8-11-17)14-28-23(30-2)26-21-12-9-16(24)13-19(21)22(27-28)18-5-3-4-6-20(18)25/h3-13H,14H2,1-2H3. The second kappa shape index (κ2) is 9.13. The van der Waals surface area contributed by atoms with Crippen molar-refractivity contribution in [1.82, 2.24) is 5.01 Å². The van der Waals surface area contributed by atoms with Crippen molar-refractivity contribution in [3.63, 3.8) is 0 Å². The number of rotatable bonds is 4. The minimum atomic E-state index is 0.555. The first kappa shape index (κ1) is 20.8. The molecule has 0 N–H and O–H groups in total. The van der Waals surface area contributed by atoms with Crippen molar-refractivity contribution >= 4 is 51.5 Å². The van der Waals surface area contributed by atoms with Crippen LogP contribution in [0.2, 0.25) is 10.0 Å². The van der Waals surface area contributed by atoms with Crippen molar-refractivity contribution in [2.24, 2.45) is 10.1 Å². The molecular formula is C23H19Cl2N3OS. The number of hydrazone groups is 1. The molecule has 0 unspecified atom stereocenters. The molecule has 0 bridgehead atoms. The van der Waals surface area contributed by atoms with Gasteiger partial charge in [-0.2, -0.15) is 5.10 Å². The molecule has 1 aliphatic heterocycles. The Bertz CT molecular complexity index is 1130. The van der Waals surface area contributed by atoms with Crippen LogP contribution in [0.5, 0.6) is 5.75 Å². The predicted molar refractivity (Wildman–Crippen MR) is 128 cm³/mol. The summed E-state index contributed by atoms with van der Waals surface area (Å²) in [6.45, 7) is 0.555. The summed E-state index contributed by atoms with van der Waals surface area (Å²) < 4.78 is 5.27. The van der Waals surface area contributed by atoms with Crippen molar-refractivity contribution < 1.29 is 4.74 Å². The van der Waals surface area contributed by atoms with E-state index in [4.69, 9.17) is 38.0 Å². The number of ether oxygens (including phenoxy) is 1. The number of amidine groups is 1. The van der Waals surface area contributed by atoms with Crippen LogP contribution in [0.1, 0.15) is 16.7 Å². The van der Waals surface area contributed by atoms with E-state index in [2.05, 4.69) is 0 Å². The molecule has 1 aliphatic rings. The SMILES string of the molecule is COc1ccc(CN2N=C(c3ccccc3Cl)c3cc(Cl)ccc3N=C2SC)cc1. The van der Waals surface area contributed by atoms with Gasteiger partial charge in [-0.15, -0.1) is 0 Å². The van der Waals surface area contributed by atoms with Gasteiger partial charge in [0.1, 0.15) is 11.5 Å². The Balaban J connectivity index is 1.85. The van der Waals surface area contributed by atoms with Gasteiger partial charge in [0, 0.05) is 16.1 Å². The van der Waals surface area contributed by atoms with Gasteiger partial charge in [-0.1, -0.05) is 65.3 Å². The molecule has 30 heavy (non-hydrogen) atoms. The van der Waals surface area contributed by atoms with Gasteiger partial charge in [-0.25, -0.2) is 10.0 Å². The highest BCUT2D eigenvalue weighted by Gasteiger charge is 2.23. The number of aliphatic imine (C=N–C) groups is 1. The van der Waals surface area contributed by atoms with Crippen LogP contribution >= 0.6 is 35.0 Å². The zero-order chi connectivity index (χ0) is 21.1. The number of nitrogens with zero attached hydrogens (tertiary/aromatic N) is 3. The summed E-state index contributed by atoms with van der Waals surface area (Å²) in [5.74, 6) is 0.815. The summed E-state index contributed by atoms with van der Waals surface area (Å²) >= 11 is 14.4. The second-order valence-electron chi connectivity index (χ2n) is 6.59. The molecule has 0 amide bonds. The first-order chi connectivity index (χ1) is 14.6. The van der Waals surface area contributed by atoms with Crippen LogP contribution in [0.4, 0.5) is 5.69 Å². The summed E-state index contributed by atoms with van der Waals surface area (Å²) in [6.07, 6.45) is 1.99. The highest BCUT2D eigenvalue weighted by Crippen LogP contribution is 2.33. The predicted octanol–water partition coefficient (Wildman–Crippen LogP) is 6.62. The normalized spacial score (nSPS) is 13.3. The quantitative estimate of drug-likeness (QED) is 0.443.